The van der Waals surface area contributed by atoms with Gasteiger partial charge in [-0.15, -0.1) is 0 Å². The van der Waals surface area contributed by atoms with Gasteiger partial charge in [0.15, 0.2) is 11.5 Å². The molecule has 3 rings (SSSR count). The Hall–Kier alpha value is -3.52. The van der Waals surface area contributed by atoms with Gasteiger partial charge in [-0.25, -0.2) is 15.2 Å². The van der Waals surface area contributed by atoms with Crippen molar-refractivity contribution in [2.75, 3.05) is 19.0 Å². The van der Waals surface area contributed by atoms with Crippen molar-refractivity contribution in [1.82, 2.24) is 10.4 Å². The van der Waals surface area contributed by atoms with E-state index in [0.29, 0.717) is 35.8 Å². The maximum atomic E-state index is 12.9. The van der Waals surface area contributed by atoms with Crippen molar-refractivity contribution < 1.29 is 24.2 Å². The first-order valence-corrected chi connectivity index (χ1v) is 9.69. The van der Waals surface area contributed by atoms with Gasteiger partial charge in [-0.05, 0) is 48.7 Å². The van der Waals surface area contributed by atoms with Crippen LogP contribution in [-0.4, -0.2) is 35.8 Å². The highest BCUT2D eigenvalue weighted by Crippen LogP contribution is 2.32. The Morgan fingerprint density at radius 2 is 2.07 bits per heavy atom. The van der Waals surface area contributed by atoms with Crippen LogP contribution < -0.4 is 20.2 Å². The number of nitrogens with zero attached hydrogens (tertiary/aromatic N) is 1. The van der Waals surface area contributed by atoms with Crippen molar-refractivity contribution in [3.63, 3.8) is 0 Å². The van der Waals surface area contributed by atoms with E-state index >= 15 is 0 Å². The number of carbonyl (C=O) groups is 2. The topological polar surface area (TPSA) is 100 Å². The number of carbonyl (C=O) groups excluding carboxylic acids is 1. The van der Waals surface area contributed by atoms with Crippen LogP contribution in [0.25, 0.3) is 0 Å². The number of rotatable bonds is 7. The van der Waals surface area contributed by atoms with E-state index < -0.39 is 6.09 Å². The molecule has 3 N–H and O–H groups in total. The van der Waals surface area contributed by atoms with Crippen LogP contribution in [0.1, 0.15) is 41.7 Å². The molecule has 0 saturated heterocycles. The van der Waals surface area contributed by atoms with Crippen molar-refractivity contribution in [3.8, 4) is 11.5 Å². The summed E-state index contributed by atoms with van der Waals surface area (Å²) < 4.78 is 11.2. The predicted octanol–water partition coefficient (Wildman–Crippen LogP) is 4.18. The molecule has 0 spiro atoms. The van der Waals surface area contributed by atoms with Gasteiger partial charge in [0.1, 0.15) is 0 Å². The molecule has 0 aromatic heterocycles. The number of hydrogen-bond acceptors (Lipinski definition) is 5. The first kappa shape index (κ1) is 21.2. The summed E-state index contributed by atoms with van der Waals surface area (Å²) in [4.78, 5) is 23.8. The minimum absolute atomic E-state index is 0.130. The van der Waals surface area contributed by atoms with Crippen molar-refractivity contribution >= 4 is 17.7 Å². The Labute approximate surface area is 175 Å². The standard InChI is InChI=1S/C22H25N3O5/c1-3-12-30-20-14-15(9-10-19(20)29-2)18-8-5-11-25(24-18)21(26)16-6-4-7-17(13-16)23-22(27)28/h4-7,9-11,13-14,18,23-24H,3,8,12H2,1-2H3,(H,27,28). The van der Waals surface area contributed by atoms with Gasteiger partial charge in [0.05, 0.1) is 19.8 Å². The number of ether oxygens (including phenoxy) is 2. The van der Waals surface area contributed by atoms with Gasteiger partial charge < -0.3 is 14.6 Å². The summed E-state index contributed by atoms with van der Waals surface area (Å²) >= 11 is 0. The van der Waals surface area contributed by atoms with Gasteiger partial charge in [0.2, 0.25) is 0 Å². The number of benzene rings is 2. The fourth-order valence-electron chi connectivity index (χ4n) is 3.13. The molecule has 8 nitrogen and oxygen atoms in total. The highest BCUT2D eigenvalue weighted by Gasteiger charge is 2.23. The first-order valence-electron chi connectivity index (χ1n) is 9.69. The fourth-order valence-corrected chi connectivity index (χ4v) is 3.13. The zero-order valence-corrected chi connectivity index (χ0v) is 16.9. The second kappa shape index (κ2) is 9.80. The van der Waals surface area contributed by atoms with Gasteiger partial charge >= 0.3 is 6.09 Å². The third-order valence-corrected chi connectivity index (χ3v) is 4.55. The molecule has 30 heavy (non-hydrogen) atoms. The molecule has 8 heteroatoms. The van der Waals surface area contributed by atoms with Crippen molar-refractivity contribution in [3.05, 3.63) is 65.9 Å². The SMILES string of the molecule is CCCOc1cc(C2CC=CN(C(=O)c3cccc(NC(=O)O)c3)N2)ccc1OC. The lowest BCUT2D eigenvalue weighted by Gasteiger charge is -2.30. The van der Waals surface area contributed by atoms with Crippen LogP contribution in [0.15, 0.2) is 54.7 Å². The second-order valence-electron chi connectivity index (χ2n) is 6.75. The van der Waals surface area contributed by atoms with Gasteiger partial charge in [-0.2, -0.15) is 0 Å². The maximum Gasteiger partial charge on any atom is 0.409 e. The number of hydrazine groups is 1. The van der Waals surface area contributed by atoms with E-state index in [-0.39, 0.29) is 11.9 Å². The predicted molar refractivity (Wildman–Crippen MR) is 113 cm³/mol. The molecule has 2 aromatic rings. The lowest BCUT2D eigenvalue weighted by Crippen LogP contribution is -2.43. The molecule has 2 amide bonds. The molecular weight excluding hydrogens is 386 g/mol. The fraction of sp³-hybridized carbons (Fsp3) is 0.273. The lowest BCUT2D eigenvalue weighted by atomic mass is 10.0. The average Bonchev–Trinajstić information content (AvgIpc) is 2.76. The second-order valence-corrected chi connectivity index (χ2v) is 6.75. The van der Waals surface area contributed by atoms with E-state index in [2.05, 4.69) is 10.7 Å². The molecular formula is C22H25N3O5. The third-order valence-electron chi connectivity index (χ3n) is 4.55. The highest BCUT2D eigenvalue weighted by atomic mass is 16.5. The van der Waals surface area contributed by atoms with Gasteiger partial charge in [-0.3, -0.25) is 10.1 Å². The van der Waals surface area contributed by atoms with E-state index in [0.717, 1.165) is 12.0 Å². The summed E-state index contributed by atoms with van der Waals surface area (Å²) in [6.45, 7) is 2.62. The molecule has 1 atom stereocenters. The van der Waals surface area contributed by atoms with Crippen LogP contribution in [-0.2, 0) is 0 Å². The van der Waals surface area contributed by atoms with Crippen molar-refractivity contribution in [2.24, 2.45) is 0 Å². The largest absolute Gasteiger partial charge is 0.493 e. The Balaban J connectivity index is 1.77. The van der Waals surface area contributed by atoms with Crippen LogP contribution in [0.2, 0.25) is 0 Å². The third kappa shape index (κ3) is 5.09. The van der Waals surface area contributed by atoms with Crippen LogP contribution >= 0.6 is 0 Å². The molecule has 1 unspecified atom stereocenters. The Bertz CT molecular complexity index is 944. The van der Waals surface area contributed by atoms with Crippen LogP contribution in [0, 0.1) is 0 Å². The van der Waals surface area contributed by atoms with E-state index in [1.165, 1.54) is 11.1 Å². The van der Waals surface area contributed by atoms with Gasteiger partial charge in [-0.1, -0.05) is 25.1 Å². The van der Waals surface area contributed by atoms with Crippen LogP contribution in [0.3, 0.4) is 0 Å². The van der Waals surface area contributed by atoms with Crippen molar-refractivity contribution in [1.29, 1.82) is 0 Å². The Morgan fingerprint density at radius 3 is 2.80 bits per heavy atom. The Morgan fingerprint density at radius 1 is 1.23 bits per heavy atom. The number of amides is 2. The van der Waals surface area contributed by atoms with Crippen LogP contribution in [0.4, 0.5) is 10.5 Å². The van der Waals surface area contributed by atoms with E-state index in [4.69, 9.17) is 14.6 Å². The van der Waals surface area contributed by atoms with Gasteiger partial charge in [0.25, 0.3) is 5.91 Å². The normalized spacial score (nSPS) is 15.5. The summed E-state index contributed by atoms with van der Waals surface area (Å²) in [5.74, 6) is 1.04. The molecule has 0 fully saturated rings. The molecule has 0 radical (unpaired) electrons. The molecule has 2 aromatic carbocycles. The number of hydrogen-bond donors (Lipinski definition) is 3. The molecule has 0 bridgehead atoms. The first-order chi connectivity index (χ1) is 14.5. The maximum absolute atomic E-state index is 12.9. The number of carboxylic acid groups (broad SMARTS) is 1. The highest BCUT2D eigenvalue weighted by molar-refractivity contribution is 5.96. The number of anilines is 1. The molecule has 1 aliphatic heterocycles. The summed E-state index contributed by atoms with van der Waals surface area (Å²) in [7, 11) is 1.60. The zero-order chi connectivity index (χ0) is 21.5. The number of methoxy groups -OCH3 is 1. The quantitative estimate of drug-likeness (QED) is 0.632. The molecule has 1 aliphatic rings. The molecule has 158 valence electrons. The monoisotopic (exact) mass is 411 g/mol. The van der Waals surface area contributed by atoms with Crippen LogP contribution in [0.5, 0.6) is 11.5 Å². The summed E-state index contributed by atoms with van der Waals surface area (Å²) in [5, 5.41) is 12.5. The lowest BCUT2D eigenvalue weighted by molar-refractivity contribution is 0.0713. The molecule has 0 aliphatic carbocycles. The summed E-state index contributed by atoms with van der Waals surface area (Å²) in [6, 6.07) is 11.9. The van der Waals surface area contributed by atoms with E-state index in [9.17, 15) is 9.59 Å². The number of nitrogens with one attached hydrogen (secondary N) is 2. The average molecular weight is 411 g/mol. The van der Waals surface area contributed by atoms with Gasteiger partial charge in [0, 0.05) is 17.5 Å². The van der Waals surface area contributed by atoms with E-state index in [1.54, 1.807) is 31.5 Å². The summed E-state index contributed by atoms with van der Waals surface area (Å²) in [6.07, 6.45) is 3.99. The minimum Gasteiger partial charge on any atom is -0.493 e. The Kier molecular flexibility index (Phi) is 6.92. The zero-order valence-electron chi connectivity index (χ0n) is 16.9. The molecule has 1 heterocycles. The summed E-state index contributed by atoms with van der Waals surface area (Å²) in [5.41, 5.74) is 4.87. The minimum atomic E-state index is -1.18. The smallest absolute Gasteiger partial charge is 0.409 e. The van der Waals surface area contributed by atoms with E-state index in [1.807, 2.05) is 31.2 Å². The molecule has 0 saturated carbocycles. The van der Waals surface area contributed by atoms with Crippen molar-refractivity contribution in [2.45, 2.75) is 25.8 Å².